The smallest absolute Gasteiger partial charge is 0.133 e. The molecule has 14 heavy (non-hydrogen) atoms. The molecule has 1 aromatic carbocycles. The van der Waals surface area contributed by atoms with Crippen LogP contribution in [0.25, 0.3) is 0 Å². The standard InChI is InChI=1S/C10H13BrO3/c11-9-3-1-2-4-10(9)14-8-7-13-6-5-12/h1-4,12H,5-8H2. The van der Waals surface area contributed by atoms with E-state index in [2.05, 4.69) is 15.9 Å². The van der Waals surface area contributed by atoms with Crippen LogP contribution in [-0.4, -0.2) is 31.5 Å². The molecule has 0 heterocycles. The van der Waals surface area contributed by atoms with E-state index in [-0.39, 0.29) is 6.61 Å². The number of aliphatic hydroxyl groups excluding tert-OH is 1. The number of halogens is 1. The fourth-order valence-corrected chi connectivity index (χ4v) is 1.34. The van der Waals surface area contributed by atoms with Gasteiger partial charge in [-0.2, -0.15) is 0 Å². The maximum atomic E-state index is 8.45. The van der Waals surface area contributed by atoms with Crippen LogP contribution in [0, 0.1) is 0 Å². The van der Waals surface area contributed by atoms with Gasteiger partial charge in [0.15, 0.2) is 0 Å². The summed E-state index contributed by atoms with van der Waals surface area (Å²) in [4.78, 5) is 0. The Labute approximate surface area is 91.8 Å². The van der Waals surface area contributed by atoms with Crippen LogP contribution >= 0.6 is 15.9 Å². The Morgan fingerprint density at radius 3 is 2.64 bits per heavy atom. The molecule has 1 aromatic rings. The Balaban J connectivity index is 2.21. The second-order valence-corrected chi connectivity index (χ2v) is 3.47. The first-order valence-corrected chi connectivity index (χ1v) is 5.20. The normalized spacial score (nSPS) is 10.1. The lowest BCUT2D eigenvalue weighted by molar-refractivity contribution is 0.0703. The van der Waals surface area contributed by atoms with Crippen molar-refractivity contribution in [2.24, 2.45) is 0 Å². The number of aliphatic hydroxyl groups is 1. The maximum Gasteiger partial charge on any atom is 0.133 e. The lowest BCUT2D eigenvalue weighted by atomic mass is 10.3. The third kappa shape index (κ3) is 4.09. The summed E-state index contributed by atoms with van der Waals surface area (Å²) in [7, 11) is 0. The van der Waals surface area contributed by atoms with Gasteiger partial charge in [0.25, 0.3) is 0 Å². The van der Waals surface area contributed by atoms with Crippen molar-refractivity contribution in [2.75, 3.05) is 26.4 Å². The Morgan fingerprint density at radius 1 is 1.14 bits per heavy atom. The molecule has 0 bridgehead atoms. The van der Waals surface area contributed by atoms with Crippen molar-refractivity contribution >= 4 is 15.9 Å². The molecule has 0 saturated heterocycles. The number of benzene rings is 1. The molecular formula is C10H13BrO3. The predicted molar refractivity (Wildman–Crippen MR) is 57.5 cm³/mol. The number of para-hydroxylation sites is 1. The number of hydrogen-bond donors (Lipinski definition) is 1. The minimum absolute atomic E-state index is 0.0506. The van der Waals surface area contributed by atoms with Crippen LogP contribution in [0.4, 0.5) is 0 Å². The predicted octanol–water partition coefficient (Wildman–Crippen LogP) is 1.84. The second-order valence-electron chi connectivity index (χ2n) is 2.61. The number of ether oxygens (including phenoxy) is 2. The van der Waals surface area contributed by atoms with Crippen molar-refractivity contribution < 1.29 is 14.6 Å². The van der Waals surface area contributed by atoms with Crippen molar-refractivity contribution in [3.63, 3.8) is 0 Å². The lowest BCUT2D eigenvalue weighted by Gasteiger charge is -2.07. The van der Waals surface area contributed by atoms with Gasteiger partial charge in [-0.3, -0.25) is 0 Å². The molecule has 78 valence electrons. The van der Waals surface area contributed by atoms with Crippen LogP contribution in [0.1, 0.15) is 0 Å². The highest BCUT2D eigenvalue weighted by atomic mass is 79.9. The second kappa shape index (κ2) is 6.81. The largest absolute Gasteiger partial charge is 0.490 e. The zero-order valence-corrected chi connectivity index (χ0v) is 9.37. The Morgan fingerprint density at radius 2 is 1.93 bits per heavy atom. The van der Waals surface area contributed by atoms with E-state index in [9.17, 15) is 0 Å². The average molecular weight is 261 g/mol. The minimum Gasteiger partial charge on any atom is -0.490 e. The number of hydrogen-bond acceptors (Lipinski definition) is 3. The van der Waals surface area contributed by atoms with Gasteiger partial charge in [0.05, 0.1) is 24.3 Å². The fraction of sp³-hybridized carbons (Fsp3) is 0.400. The van der Waals surface area contributed by atoms with Crippen LogP contribution in [0.2, 0.25) is 0 Å². The highest BCUT2D eigenvalue weighted by Crippen LogP contribution is 2.23. The molecule has 4 heteroatoms. The Kier molecular flexibility index (Phi) is 5.59. The molecule has 0 amide bonds. The van der Waals surface area contributed by atoms with Gasteiger partial charge in [0.2, 0.25) is 0 Å². The molecule has 0 aliphatic carbocycles. The molecule has 0 aliphatic heterocycles. The van der Waals surface area contributed by atoms with Gasteiger partial charge in [0, 0.05) is 0 Å². The molecule has 0 unspecified atom stereocenters. The highest BCUT2D eigenvalue weighted by Gasteiger charge is 1.97. The molecule has 1 N–H and O–H groups in total. The SMILES string of the molecule is OCCOCCOc1ccccc1Br. The summed E-state index contributed by atoms with van der Waals surface area (Å²) in [5.41, 5.74) is 0. The number of rotatable bonds is 6. The molecule has 3 nitrogen and oxygen atoms in total. The fourth-order valence-electron chi connectivity index (χ4n) is 0.939. The summed E-state index contributed by atoms with van der Waals surface area (Å²) in [6, 6.07) is 7.65. The monoisotopic (exact) mass is 260 g/mol. The third-order valence-electron chi connectivity index (χ3n) is 1.56. The molecule has 0 radical (unpaired) electrons. The van der Waals surface area contributed by atoms with Crippen molar-refractivity contribution in [1.82, 2.24) is 0 Å². The quantitative estimate of drug-likeness (QED) is 0.794. The van der Waals surface area contributed by atoms with Gasteiger partial charge in [-0.05, 0) is 28.1 Å². The summed E-state index contributed by atoms with van der Waals surface area (Å²) in [5, 5.41) is 8.45. The van der Waals surface area contributed by atoms with Crippen LogP contribution in [-0.2, 0) is 4.74 Å². The van der Waals surface area contributed by atoms with E-state index in [1.165, 1.54) is 0 Å². The van der Waals surface area contributed by atoms with Gasteiger partial charge in [-0.15, -0.1) is 0 Å². The van der Waals surface area contributed by atoms with E-state index in [1.54, 1.807) is 0 Å². The van der Waals surface area contributed by atoms with E-state index >= 15 is 0 Å². The molecule has 0 fully saturated rings. The van der Waals surface area contributed by atoms with Crippen LogP contribution in [0.15, 0.2) is 28.7 Å². The zero-order valence-electron chi connectivity index (χ0n) is 7.78. The third-order valence-corrected chi connectivity index (χ3v) is 2.21. The summed E-state index contributed by atoms with van der Waals surface area (Å²) in [6.07, 6.45) is 0. The van der Waals surface area contributed by atoms with Crippen molar-refractivity contribution in [3.8, 4) is 5.75 Å². The molecular weight excluding hydrogens is 248 g/mol. The van der Waals surface area contributed by atoms with Gasteiger partial charge >= 0.3 is 0 Å². The Hall–Kier alpha value is -0.580. The van der Waals surface area contributed by atoms with E-state index in [0.29, 0.717) is 19.8 Å². The zero-order chi connectivity index (χ0) is 10.2. The van der Waals surface area contributed by atoms with E-state index in [0.717, 1.165) is 10.2 Å². The summed E-state index contributed by atoms with van der Waals surface area (Å²) < 4.78 is 11.4. The Bertz CT molecular complexity index is 265. The van der Waals surface area contributed by atoms with Gasteiger partial charge < -0.3 is 14.6 Å². The first-order valence-electron chi connectivity index (χ1n) is 4.40. The molecule has 0 aliphatic rings. The van der Waals surface area contributed by atoms with Crippen molar-refractivity contribution in [3.05, 3.63) is 28.7 Å². The first kappa shape index (κ1) is 11.5. The molecule has 0 aromatic heterocycles. The van der Waals surface area contributed by atoms with Gasteiger partial charge in [-0.25, -0.2) is 0 Å². The highest BCUT2D eigenvalue weighted by molar-refractivity contribution is 9.10. The topological polar surface area (TPSA) is 38.7 Å². The van der Waals surface area contributed by atoms with Crippen LogP contribution in [0.3, 0.4) is 0 Å². The maximum absolute atomic E-state index is 8.45. The van der Waals surface area contributed by atoms with Crippen LogP contribution < -0.4 is 4.74 Å². The lowest BCUT2D eigenvalue weighted by Crippen LogP contribution is -2.09. The molecule has 0 atom stereocenters. The van der Waals surface area contributed by atoms with E-state index in [1.807, 2.05) is 24.3 Å². The van der Waals surface area contributed by atoms with Crippen LogP contribution in [0.5, 0.6) is 5.75 Å². The summed E-state index contributed by atoms with van der Waals surface area (Å²) >= 11 is 3.37. The van der Waals surface area contributed by atoms with Gasteiger partial charge in [0.1, 0.15) is 12.4 Å². The van der Waals surface area contributed by atoms with Gasteiger partial charge in [-0.1, -0.05) is 12.1 Å². The molecule has 1 rings (SSSR count). The average Bonchev–Trinajstić information content (AvgIpc) is 2.20. The minimum atomic E-state index is 0.0506. The first-order chi connectivity index (χ1) is 6.84. The van der Waals surface area contributed by atoms with E-state index < -0.39 is 0 Å². The summed E-state index contributed by atoms with van der Waals surface area (Å²) in [5.74, 6) is 0.806. The van der Waals surface area contributed by atoms with E-state index in [4.69, 9.17) is 14.6 Å². The summed E-state index contributed by atoms with van der Waals surface area (Å²) in [6.45, 7) is 1.39. The van der Waals surface area contributed by atoms with Crippen molar-refractivity contribution in [2.45, 2.75) is 0 Å². The molecule has 0 spiro atoms. The van der Waals surface area contributed by atoms with Crippen molar-refractivity contribution in [1.29, 1.82) is 0 Å². The molecule has 0 saturated carbocycles.